The summed E-state index contributed by atoms with van der Waals surface area (Å²) < 4.78 is 0. The van der Waals surface area contributed by atoms with Gasteiger partial charge in [0.15, 0.2) is 0 Å². The van der Waals surface area contributed by atoms with E-state index in [-0.39, 0.29) is 6.03 Å². The highest BCUT2D eigenvalue weighted by molar-refractivity contribution is 5.83. The summed E-state index contributed by atoms with van der Waals surface area (Å²) in [5.41, 5.74) is 2.04. The molecule has 1 aliphatic rings. The molecule has 114 valence electrons. The van der Waals surface area contributed by atoms with Crippen LogP contribution in [0.15, 0.2) is 24.3 Å². The van der Waals surface area contributed by atoms with Crippen molar-refractivity contribution in [3.8, 4) is 0 Å². The van der Waals surface area contributed by atoms with E-state index in [0.29, 0.717) is 25.4 Å². The van der Waals surface area contributed by atoms with Gasteiger partial charge in [0.25, 0.3) is 0 Å². The zero-order valence-corrected chi connectivity index (χ0v) is 12.7. The van der Waals surface area contributed by atoms with Crippen LogP contribution in [0.4, 0.5) is 4.79 Å². The maximum Gasteiger partial charge on any atom is 0.326 e. The first-order valence-electron chi connectivity index (χ1n) is 7.21. The third kappa shape index (κ3) is 3.35. The molecule has 0 spiro atoms. The molecule has 0 bridgehead atoms. The van der Waals surface area contributed by atoms with Crippen LogP contribution in [0.2, 0.25) is 0 Å². The van der Waals surface area contributed by atoms with E-state index < -0.39 is 12.0 Å². The molecule has 1 aromatic rings. The van der Waals surface area contributed by atoms with E-state index in [0.717, 1.165) is 11.1 Å². The van der Waals surface area contributed by atoms with E-state index in [1.807, 2.05) is 38.1 Å². The molecule has 1 atom stereocenters. The van der Waals surface area contributed by atoms with Gasteiger partial charge in [-0.1, -0.05) is 38.1 Å². The van der Waals surface area contributed by atoms with Gasteiger partial charge in [-0.25, -0.2) is 9.59 Å². The van der Waals surface area contributed by atoms with Crippen LogP contribution in [-0.2, 0) is 17.8 Å². The van der Waals surface area contributed by atoms with Gasteiger partial charge in [0, 0.05) is 26.6 Å². The number of rotatable bonds is 3. The number of fused-ring (bicyclic) bond motifs is 1. The second-order valence-corrected chi connectivity index (χ2v) is 6.01. The Morgan fingerprint density at radius 1 is 1.33 bits per heavy atom. The minimum Gasteiger partial charge on any atom is -0.480 e. The molecule has 0 saturated heterocycles. The number of carboxylic acid groups (broad SMARTS) is 1. The molecular formula is C16H22N2O3. The fraction of sp³-hybridized carbons (Fsp3) is 0.500. The lowest BCUT2D eigenvalue weighted by Crippen LogP contribution is -2.53. The van der Waals surface area contributed by atoms with Crippen LogP contribution in [0.3, 0.4) is 0 Å². The Balaban J connectivity index is 2.24. The van der Waals surface area contributed by atoms with Crippen molar-refractivity contribution in [1.29, 1.82) is 0 Å². The van der Waals surface area contributed by atoms with Crippen LogP contribution < -0.4 is 0 Å². The van der Waals surface area contributed by atoms with Crippen LogP contribution in [0.1, 0.15) is 25.0 Å². The Morgan fingerprint density at radius 2 is 1.95 bits per heavy atom. The normalized spacial score (nSPS) is 17.5. The molecular weight excluding hydrogens is 268 g/mol. The number of benzene rings is 1. The van der Waals surface area contributed by atoms with Gasteiger partial charge in [0.1, 0.15) is 6.04 Å². The Kier molecular flexibility index (Phi) is 4.50. The number of hydrogen-bond acceptors (Lipinski definition) is 2. The second kappa shape index (κ2) is 6.16. The maximum atomic E-state index is 12.5. The van der Waals surface area contributed by atoms with E-state index in [4.69, 9.17) is 0 Å². The van der Waals surface area contributed by atoms with Crippen molar-refractivity contribution in [2.24, 2.45) is 5.92 Å². The Morgan fingerprint density at radius 3 is 2.52 bits per heavy atom. The maximum absolute atomic E-state index is 12.5. The van der Waals surface area contributed by atoms with Crippen LogP contribution >= 0.6 is 0 Å². The Hall–Kier alpha value is -2.04. The minimum absolute atomic E-state index is 0.217. The highest BCUT2D eigenvalue weighted by Crippen LogP contribution is 2.24. The summed E-state index contributed by atoms with van der Waals surface area (Å²) in [7, 11) is 1.72. The number of aliphatic carboxylic acids is 1. The molecule has 2 rings (SSSR count). The minimum atomic E-state index is -0.948. The van der Waals surface area contributed by atoms with Crippen molar-refractivity contribution >= 4 is 12.0 Å². The highest BCUT2D eigenvalue weighted by atomic mass is 16.4. The van der Waals surface area contributed by atoms with Gasteiger partial charge in [-0.15, -0.1) is 0 Å². The molecule has 1 heterocycles. The average Bonchev–Trinajstić information content (AvgIpc) is 2.44. The van der Waals surface area contributed by atoms with Crippen molar-refractivity contribution in [3.63, 3.8) is 0 Å². The first-order chi connectivity index (χ1) is 9.90. The fourth-order valence-corrected chi connectivity index (χ4v) is 2.79. The number of nitrogens with zero attached hydrogens (tertiary/aromatic N) is 2. The molecule has 5 heteroatoms. The molecule has 1 N–H and O–H groups in total. The lowest BCUT2D eigenvalue weighted by molar-refractivity contribution is -0.142. The molecule has 1 aliphatic heterocycles. The largest absolute Gasteiger partial charge is 0.480 e. The van der Waals surface area contributed by atoms with Gasteiger partial charge >= 0.3 is 12.0 Å². The number of hydrogen-bond donors (Lipinski definition) is 1. The quantitative estimate of drug-likeness (QED) is 0.928. The van der Waals surface area contributed by atoms with Crippen LogP contribution in [0.5, 0.6) is 0 Å². The lowest BCUT2D eigenvalue weighted by atomic mass is 9.94. The number of carboxylic acids is 1. The molecule has 0 fully saturated rings. The summed E-state index contributed by atoms with van der Waals surface area (Å²) in [5.74, 6) is -0.602. The predicted octanol–water partition coefficient (Wildman–Crippen LogP) is 2.21. The first kappa shape index (κ1) is 15.4. The standard InChI is InChI=1S/C16H22N2O3/c1-11(2)9-17(3)16(21)18-10-13-7-5-4-6-12(13)8-14(18)15(19)20/h4-7,11,14H,8-10H2,1-3H3,(H,19,20). The summed E-state index contributed by atoms with van der Waals surface area (Å²) >= 11 is 0. The van der Waals surface area contributed by atoms with E-state index in [9.17, 15) is 14.7 Å². The summed E-state index contributed by atoms with van der Waals surface area (Å²) in [6.07, 6.45) is 0.368. The van der Waals surface area contributed by atoms with Crippen molar-refractivity contribution in [2.75, 3.05) is 13.6 Å². The number of urea groups is 1. The zero-order chi connectivity index (χ0) is 15.6. The summed E-state index contributed by atoms with van der Waals surface area (Å²) in [5, 5.41) is 9.43. The van der Waals surface area contributed by atoms with Crippen molar-refractivity contribution in [3.05, 3.63) is 35.4 Å². The van der Waals surface area contributed by atoms with Gasteiger partial charge in [-0.3, -0.25) is 0 Å². The van der Waals surface area contributed by atoms with Crippen LogP contribution in [0.25, 0.3) is 0 Å². The fourth-order valence-electron chi connectivity index (χ4n) is 2.79. The van der Waals surface area contributed by atoms with Crippen molar-refractivity contribution in [1.82, 2.24) is 9.80 Å². The summed E-state index contributed by atoms with van der Waals surface area (Å²) in [6, 6.07) is 6.70. The average molecular weight is 290 g/mol. The van der Waals surface area contributed by atoms with Gasteiger partial charge in [-0.05, 0) is 17.0 Å². The van der Waals surface area contributed by atoms with Gasteiger partial charge in [0.2, 0.25) is 0 Å². The molecule has 5 nitrogen and oxygen atoms in total. The third-order valence-corrected chi connectivity index (χ3v) is 3.74. The SMILES string of the molecule is CC(C)CN(C)C(=O)N1Cc2ccccc2CC1C(=O)O. The van der Waals surface area contributed by atoms with E-state index >= 15 is 0 Å². The van der Waals surface area contributed by atoms with E-state index in [1.54, 1.807) is 11.9 Å². The Bertz CT molecular complexity index is 542. The number of carbonyl (C=O) groups excluding carboxylic acids is 1. The highest BCUT2D eigenvalue weighted by Gasteiger charge is 2.35. The zero-order valence-electron chi connectivity index (χ0n) is 12.7. The Labute approximate surface area is 125 Å². The number of amides is 2. The van der Waals surface area contributed by atoms with Gasteiger partial charge in [-0.2, -0.15) is 0 Å². The van der Waals surface area contributed by atoms with Crippen molar-refractivity contribution < 1.29 is 14.7 Å². The lowest BCUT2D eigenvalue weighted by Gasteiger charge is -2.37. The van der Waals surface area contributed by atoms with Gasteiger partial charge < -0.3 is 14.9 Å². The van der Waals surface area contributed by atoms with E-state index in [2.05, 4.69) is 0 Å². The summed E-state index contributed by atoms with van der Waals surface area (Å²) in [4.78, 5) is 27.1. The molecule has 0 aromatic heterocycles. The smallest absolute Gasteiger partial charge is 0.326 e. The predicted molar refractivity (Wildman–Crippen MR) is 80.0 cm³/mol. The monoisotopic (exact) mass is 290 g/mol. The van der Waals surface area contributed by atoms with Gasteiger partial charge in [0.05, 0.1) is 0 Å². The second-order valence-electron chi connectivity index (χ2n) is 6.01. The molecule has 2 amide bonds. The molecule has 0 aliphatic carbocycles. The number of carbonyl (C=O) groups is 2. The van der Waals surface area contributed by atoms with Crippen LogP contribution in [-0.4, -0.2) is 46.5 Å². The molecule has 21 heavy (non-hydrogen) atoms. The third-order valence-electron chi connectivity index (χ3n) is 3.74. The first-order valence-corrected chi connectivity index (χ1v) is 7.21. The molecule has 0 radical (unpaired) electrons. The van der Waals surface area contributed by atoms with E-state index in [1.165, 1.54) is 4.90 Å². The molecule has 1 unspecified atom stereocenters. The molecule has 0 saturated carbocycles. The topological polar surface area (TPSA) is 60.9 Å². The van der Waals surface area contributed by atoms with Crippen LogP contribution in [0, 0.1) is 5.92 Å². The van der Waals surface area contributed by atoms with Crippen molar-refractivity contribution in [2.45, 2.75) is 32.9 Å². The summed E-state index contributed by atoms with van der Waals surface area (Å²) in [6.45, 7) is 5.03. The molecule has 1 aromatic carbocycles.